The van der Waals surface area contributed by atoms with Gasteiger partial charge in [-0.2, -0.15) is 0 Å². The third kappa shape index (κ3) is 3.15. The Kier molecular flexibility index (Phi) is 4.51. The SMILES string of the molecule is CCC(C(N)=S)S(=O)(=O)NC1(C)CCOC1C. The van der Waals surface area contributed by atoms with Gasteiger partial charge in [-0.05, 0) is 26.7 Å². The van der Waals surface area contributed by atoms with Crippen LogP contribution in [0.1, 0.15) is 33.6 Å². The van der Waals surface area contributed by atoms with E-state index in [-0.39, 0.29) is 11.1 Å². The van der Waals surface area contributed by atoms with Crippen molar-refractivity contribution in [3.63, 3.8) is 0 Å². The molecule has 1 fully saturated rings. The van der Waals surface area contributed by atoms with Crippen molar-refractivity contribution in [3.05, 3.63) is 0 Å². The fourth-order valence-electron chi connectivity index (χ4n) is 1.94. The van der Waals surface area contributed by atoms with Crippen molar-refractivity contribution in [1.29, 1.82) is 0 Å². The van der Waals surface area contributed by atoms with E-state index < -0.39 is 20.8 Å². The first-order chi connectivity index (χ1) is 7.73. The van der Waals surface area contributed by atoms with Crippen LogP contribution in [0.4, 0.5) is 0 Å². The van der Waals surface area contributed by atoms with E-state index in [0.717, 1.165) is 0 Å². The van der Waals surface area contributed by atoms with Crippen LogP contribution in [-0.2, 0) is 14.8 Å². The summed E-state index contributed by atoms with van der Waals surface area (Å²) in [5, 5.41) is -0.817. The highest BCUT2D eigenvalue weighted by Crippen LogP contribution is 2.26. The van der Waals surface area contributed by atoms with Crippen molar-refractivity contribution in [2.24, 2.45) is 5.73 Å². The summed E-state index contributed by atoms with van der Waals surface area (Å²) in [5.74, 6) is 0. The van der Waals surface area contributed by atoms with Crippen LogP contribution in [0.3, 0.4) is 0 Å². The standard InChI is InChI=1S/C10H20N2O3S2/c1-4-8(9(11)16)17(13,14)12-10(3)5-6-15-7(10)2/h7-8,12H,4-6H2,1-3H3,(H2,11,16). The van der Waals surface area contributed by atoms with Gasteiger partial charge in [0.15, 0.2) is 0 Å². The molecule has 0 saturated carbocycles. The van der Waals surface area contributed by atoms with Gasteiger partial charge in [0.05, 0.1) is 16.6 Å². The molecule has 0 aromatic rings. The summed E-state index contributed by atoms with van der Waals surface area (Å²) in [6.07, 6.45) is 0.873. The second kappa shape index (κ2) is 5.17. The maximum Gasteiger partial charge on any atom is 0.221 e. The Hall–Kier alpha value is -0.240. The van der Waals surface area contributed by atoms with Gasteiger partial charge in [0, 0.05) is 6.61 Å². The van der Waals surface area contributed by atoms with Gasteiger partial charge in [-0.15, -0.1) is 0 Å². The number of hydrogen-bond acceptors (Lipinski definition) is 4. The molecule has 0 spiro atoms. The van der Waals surface area contributed by atoms with E-state index >= 15 is 0 Å². The maximum atomic E-state index is 12.2. The molecular weight excluding hydrogens is 260 g/mol. The smallest absolute Gasteiger partial charge is 0.221 e. The summed E-state index contributed by atoms with van der Waals surface area (Å²) in [6, 6.07) is 0. The van der Waals surface area contributed by atoms with Crippen molar-refractivity contribution in [1.82, 2.24) is 4.72 Å². The van der Waals surface area contributed by atoms with Gasteiger partial charge in [-0.25, -0.2) is 13.1 Å². The first-order valence-corrected chi connectivity index (χ1v) is 7.62. The lowest BCUT2D eigenvalue weighted by Gasteiger charge is -2.30. The van der Waals surface area contributed by atoms with Crippen molar-refractivity contribution in [3.8, 4) is 0 Å². The minimum Gasteiger partial charge on any atom is -0.392 e. The molecule has 3 unspecified atom stereocenters. The number of rotatable bonds is 5. The molecule has 17 heavy (non-hydrogen) atoms. The zero-order valence-corrected chi connectivity index (χ0v) is 12.0. The summed E-state index contributed by atoms with van der Waals surface area (Å²) in [4.78, 5) is 0.00942. The van der Waals surface area contributed by atoms with Crippen LogP contribution in [0.25, 0.3) is 0 Å². The van der Waals surface area contributed by atoms with Gasteiger partial charge >= 0.3 is 0 Å². The third-order valence-corrected chi connectivity index (χ3v) is 5.85. The van der Waals surface area contributed by atoms with Crippen molar-refractivity contribution < 1.29 is 13.2 Å². The second-order valence-electron chi connectivity index (χ2n) is 4.63. The minimum absolute atomic E-state index is 0.00942. The molecule has 0 bridgehead atoms. The molecule has 1 heterocycles. The molecule has 0 aliphatic carbocycles. The monoisotopic (exact) mass is 280 g/mol. The van der Waals surface area contributed by atoms with Gasteiger partial charge in [0.25, 0.3) is 0 Å². The number of sulfonamides is 1. The summed E-state index contributed by atoms with van der Waals surface area (Å²) >= 11 is 4.80. The lowest BCUT2D eigenvalue weighted by molar-refractivity contribution is 0.0957. The Morgan fingerprint density at radius 1 is 1.71 bits per heavy atom. The van der Waals surface area contributed by atoms with Crippen LogP contribution >= 0.6 is 12.2 Å². The second-order valence-corrected chi connectivity index (χ2v) is 6.96. The van der Waals surface area contributed by atoms with Gasteiger partial charge in [0.2, 0.25) is 10.0 Å². The summed E-state index contributed by atoms with van der Waals surface area (Å²) < 4.78 is 32.4. The number of nitrogens with two attached hydrogens (primary N) is 1. The van der Waals surface area contributed by atoms with E-state index in [1.165, 1.54) is 0 Å². The predicted molar refractivity (Wildman–Crippen MR) is 71.4 cm³/mol. The van der Waals surface area contributed by atoms with Crippen molar-refractivity contribution in [2.75, 3.05) is 6.61 Å². The molecule has 3 N–H and O–H groups in total. The lowest BCUT2D eigenvalue weighted by Crippen LogP contribution is -2.54. The molecule has 1 saturated heterocycles. The fourth-order valence-corrected chi connectivity index (χ4v) is 4.29. The van der Waals surface area contributed by atoms with E-state index in [1.54, 1.807) is 6.92 Å². The normalized spacial score (nSPS) is 31.4. The molecule has 0 amide bonds. The Morgan fingerprint density at radius 3 is 2.65 bits per heavy atom. The van der Waals surface area contributed by atoms with Crippen LogP contribution in [0.15, 0.2) is 0 Å². The molecule has 3 atom stereocenters. The number of ether oxygens (including phenoxy) is 1. The molecule has 0 radical (unpaired) electrons. The average molecular weight is 280 g/mol. The fraction of sp³-hybridized carbons (Fsp3) is 0.900. The van der Waals surface area contributed by atoms with Crippen LogP contribution in [0.5, 0.6) is 0 Å². The highest BCUT2D eigenvalue weighted by molar-refractivity contribution is 7.93. The maximum absolute atomic E-state index is 12.2. The highest BCUT2D eigenvalue weighted by atomic mass is 32.2. The minimum atomic E-state index is -3.54. The topological polar surface area (TPSA) is 81.4 Å². The molecule has 7 heteroatoms. The summed E-state index contributed by atoms with van der Waals surface area (Å²) in [7, 11) is -3.54. The quantitative estimate of drug-likeness (QED) is 0.718. The lowest BCUT2D eigenvalue weighted by atomic mass is 9.97. The Bertz CT molecular complexity index is 396. The highest BCUT2D eigenvalue weighted by Gasteiger charge is 2.42. The third-order valence-electron chi connectivity index (χ3n) is 3.32. The van der Waals surface area contributed by atoms with Crippen molar-refractivity contribution in [2.45, 2.75) is 50.5 Å². The number of hydrogen-bond donors (Lipinski definition) is 2. The molecular formula is C10H20N2O3S2. The molecule has 1 aliphatic heterocycles. The number of thiocarbonyl (C=S) groups is 1. The van der Waals surface area contributed by atoms with E-state index in [1.807, 2.05) is 13.8 Å². The molecule has 0 aromatic heterocycles. The average Bonchev–Trinajstić information content (AvgIpc) is 2.45. The molecule has 1 aliphatic rings. The summed E-state index contributed by atoms with van der Waals surface area (Å²) in [5.41, 5.74) is 4.89. The van der Waals surface area contributed by atoms with Crippen LogP contribution in [-0.4, -0.2) is 36.9 Å². The number of nitrogens with one attached hydrogen (secondary N) is 1. The predicted octanol–water partition coefficient (Wildman–Crippen LogP) is 0.538. The first-order valence-electron chi connectivity index (χ1n) is 5.66. The van der Waals surface area contributed by atoms with Crippen LogP contribution in [0, 0.1) is 0 Å². The van der Waals surface area contributed by atoms with E-state index in [9.17, 15) is 8.42 Å². The van der Waals surface area contributed by atoms with E-state index in [2.05, 4.69) is 4.72 Å². The van der Waals surface area contributed by atoms with E-state index in [0.29, 0.717) is 19.4 Å². The Labute approximate surface area is 108 Å². The molecule has 5 nitrogen and oxygen atoms in total. The zero-order chi connectivity index (χ0) is 13.3. The largest absolute Gasteiger partial charge is 0.392 e. The Morgan fingerprint density at radius 2 is 2.29 bits per heavy atom. The van der Waals surface area contributed by atoms with Gasteiger partial charge in [-0.3, -0.25) is 0 Å². The summed E-state index contributed by atoms with van der Waals surface area (Å²) in [6.45, 7) is 6.01. The van der Waals surface area contributed by atoms with Gasteiger partial charge < -0.3 is 10.5 Å². The van der Waals surface area contributed by atoms with Crippen molar-refractivity contribution >= 4 is 27.2 Å². The molecule has 1 rings (SSSR count). The zero-order valence-electron chi connectivity index (χ0n) is 10.4. The van der Waals surface area contributed by atoms with Crippen LogP contribution in [0.2, 0.25) is 0 Å². The Balaban J connectivity index is 2.89. The van der Waals surface area contributed by atoms with Crippen LogP contribution < -0.4 is 10.5 Å². The first kappa shape index (κ1) is 14.8. The van der Waals surface area contributed by atoms with Gasteiger partial charge in [0.1, 0.15) is 5.25 Å². The van der Waals surface area contributed by atoms with E-state index in [4.69, 9.17) is 22.7 Å². The molecule has 100 valence electrons. The van der Waals surface area contributed by atoms with Gasteiger partial charge in [-0.1, -0.05) is 19.1 Å². The molecule has 0 aromatic carbocycles.